The lowest BCUT2D eigenvalue weighted by Crippen LogP contribution is -2.11. The monoisotopic (exact) mass is 183 g/mol. The second-order valence-electron chi connectivity index (χ2n) is 2.84. The second kappa shape index (κ2) is 3.83. The van der Waals surface area contributed by atoms with Gasteiger partial charge in [-0.3, -0.25) is 0 Å². The molecule has 0 spiro atoms. The minimum absolute atomic E-state index is 0.0567. The molecular formula is C9H13NOS. The van der Waals surface area contributed by atoms with Crippen molar-refractivity contribution in [2.45, 2.75) is 25.9 Å². The highest BCUT2D eigenvalue weighted by molar-refractivity contribution is 7.09. The molecule has 1 heterocycles. The number of nitrogens with zero attached hydrogens (tertiary/aromatic N) is 1. The summed E-state index contributed by atoms with van der Waals surface area (Å²) in [6.45, 7) is 7.44. The Kier molecular flexibility index (Phi) is 3.00. The number of rotatable bonds is 3. The van der Waals surface area contributed by atoms with Crippen LogP contribution in [-0.4, -0.2) is 16.2 Å². The summed E-state index contributed by atoms with van der Waals surface area (Å²) < 4.78 is 0. The van der Waals surface area contributed by atoms with Crippen molar-refractivity contribution in [2.75, 3.05) is 0 Å². The lowest BCUT2D eigenvalue weighted by molar-refractivity contribution is 0.197. The molecule has 1 aromatic rings. The molecule has 0 radical (unpaired) electrons. The zero-order valence-electron chi connectivity index (χ0n) is 7.32. The van der Waals surface area contributed by atoms with Gasteiger partial charge in [0.25, 0.3) is 0 Å². The number of aromatic nitrogens is 1. The van der Waals surface area contributed by atoms with Crippen LogP contribution in [0.2, 0.25) is 0 Å². The first-order valence-electron chi connectivity index (χ1n) is 3.87. The average Bonchev–Trinajstić information content (AvgIpc) is 2.49. The number of aryl methyl sites for hydroxylation is 1. The number of aliphatic hydroxyl groups is 1. The summed E-state index contributed by atoms with van der Waals surface area (Å²) in [5.41, 5.74) is 1.01. The van der Waals surface area contributed by atoms with E-state index in [9.17, 15) is 5.11 Å². The van der Waals surface area contributed by atoms with E-state index in [0.29, 0.717) is 0 Å². The molecule has 3 heteroatoms. The van der Waals surface area contributed by atoms with Crippen LogP contribution in [0.15, 0.2) is 18.0 Å². The maximum Gasteiger partial charge on any atom is 0.0985 e. The molecule has 0 unspecified atom stereocenters. The summed E-state index contributed by atoms with van der Waals surface area (Å²) >= 11 is 1.58. The molecule has 0 aliphatic carbocycles. The SMILES string of the molecule is C=C[C@H](O)[C@H](C)c1nc(C)cs1. The van der Waals surface area contributed by atoms with Gasteiger partial charge in [-0.1, -0.05) is 13.0 Å². The summed E-state index contributed by atoms with van der Waals surface area (Å²) in [6, 6.07) is 0. The Morgan fingerprint density at radius 3 is 2.83 bits per heavy atom. The molecule has 0 saturated carbocycles. The Morgan fingerprint density at radius 2 is 2.42 bits per heavy atom. The Morgan fingerprint density at radius 1 is 1.75 bits per heavy atom. The molecule has 0 fully saturated rings. The van der Waals surface area contributed by atoms with E-state index in [1.165, 1.54) is 0 Å². The fraction of sp³-hybridized carbons (Fsp3) is 0.444. The van der Waals surface area contributed by atoms with Gasteiger partial charge in [0.1, 0.15) is 0 Å². The van der Waals surface area contributed by atoms with Crippen molar-refractivity contribution in [2.24, 2.45) is 0 Å². The van der Waals surface area contributed by atoms with Gasteiger partial charge in [0.2, 0.25) is 0 Å². The molecule has 0 aliphatic rings. The van der Waals surface area contributed by atoms with E-state index < -0.39 is 6.10 Å². The molecule has 0 amide bonds. The lowest BCUT2D eigenvalue weighted by atomic mass is 10.1. The van der Waals surface area contributed by atoms with Crippen molar-refractivity contribution in [1.29, 1.82) is 0 Å². The smallest absolute Gasteiger partial charge is 0.0985 e. The number of aliphatic hydroxyl groups excluding tert-OH is 1. The molecular weight excluding hydrogens is 170 g/mol. The maximum absolute atomic E-state index is 9.44. The molecule has 12 heavy (non-hydrogen) atoms. The first-order chi connectivity index (χ1) is 5.65. The first kappa shape index (κ1) is 9.42. The quantitative estimate of drug-likeness (QED) is 0.728. The molecule has 1 aromatic heterocycles. The van der Waals surface area contributed by atoms with E-state index in [2.05, 4.69) is 11.6 Å². The van der Waals surface area contributed by atoms with Crippen molar-refractivity contribution in [3.05, 3.63) is 28.7 Å². The van der Waals surface area contributed by atoms with Crippen LogP contribution in [0.1, 0.15) is 23.5 Å². The van der Waals surface area contributed by atoms with E-state index in [1.54, 1.807) is 17.4 Å². The van der Waals surface area contributed by atoms with Gasteiger partial charge in [0, 0.05) is 17.0 Å². The van der Waals surface area contributed by atoms with Gasteiger partial charge in [0.15, 0.2) is 0 Å². The number of hydrogen-bond acceptors (Lipinski definition) is 3. The highest BCUT2D eigenvalue weighted by atomic mass is 32.1. The van der Waals surface area contributed by atoms with Crippen LogP contribution in [0, 0.1) is 6.92 Å². The van der Waals surface area contributed by atoms with Gasteiger partial charge in [-0.2, -0.15) is 0 Å². The van der Waals surface area contributed by atoms with Gasteiger partial charge in [-0.15, -0.1) is 17.9 Å². The fourth-order valence-electron chi connectivity index (χ4n) is 0.932. The topological polar surface area (TPSA) is 33.1 Å². The number of hydrogen-bond donors (Lipinski definition) is 1. The van der Waals surface area contributed by atoms with Crippen molar-refractivity contribution >= 4 is 11.3 Å². The van der Waals surface area contributed by atoms with E-state index in [-0.39, 0.29) is 5.92 Å². The van der Waals surface area contributed by atoms with Gasteiger partial charge in [0.05, 0.1) is 11.1 Å². The van der Waals surface area contributed by atoms with Crippen LogP contribution in [0.5, 0.6) is 0 Å². The van der Waals surface area contributed by atoms with E-state index in [0.717, 1.165) is 10.7 Å². The Bertz CT molecular complexity index is 269. The standard InChI is InChI=1S/C9H13NOS/c1-4-8(11)7(3)9-10-6(2)5-12-9/h4-5,7-8,11H,1H2,2-3H3/t7-,8-/m0/s1. The normalized spacial score (nSPS) is 15.6. The van der Waals surface area contributed by atoms with Crippen molar-refractivity contribution < 1.29 is 5.11 Å². The summed E-state index contributed by atoms with van der Waals surface area (Å²) in [4.78, 5) is 4.29. The van der Waals surface area contributed by atoms with Crippen LogP contribution in [0.25, 0.3) is 0 Å². The van der Waals surface area contributed by atoms with Crippen molar-refractivity contribution in [3.8, 4) is 0 Å². The molecule has 66 valence electrons. The Labute approximate surface area is 76.6 Å². The first-order valence-corrected chi connectivity index (χ1v) is 4.75. The van der Waals surface area contributed by atoms with Gasteiger partial charge < -0.3 is 5.11 Å². The third-order valence-electron chi connectivity index (χ3n) is 1.78. The minimum Gasteiger partial charge on any atom is -0.388 e. The van der Waals surface area contributed by atoms with Crippen molar-refractivity contribution in [3.63, 3.8) is 0 Å². The minimum atomic E-state index is -0.490. The maximum atomic E-state index is 9.44. The predicted molar refractivity (Wildman–Crippen MR) is 51.5 cm³/mol. The lowest BCUT2D eigenvalue weighted by Gasteiger charge is -2.11. The zero-order chi connectivity index (χ0) is 9.14. The van der Waals surface area contributed by atoms with Gasteiger partial charge in [-0.05, 0) is 6.92 Å². The third kappa shape index (κ3) is 1.93. The van der Waals surface area contributed by atoms with Crippen LogP contribution < -0.4 is 0 Å². The molecule has 0 saturated heterocycles. The molecule has 1 N–H and O–H groups in total. The molecule has 1 rings (SSSR count). The van der Waals surface area contributed by atoms with E-state index in [4.69, 9.17) is 0 Å². The predicted octanol–water partition coefficient (Wildman–Crippen LogP) is 2.10. The Balaban J connectivity index is 2.77. The summed E-state index contributed by atoms with van der Waals surface area (Å²) in [6.07, 6.45) is 1.05. The highest BCUT2D eigenvalue weighted by Crippen LogP contribution is 2.23. The fourth-order valence-corrected chi connectivity index (χ4v) is 1.83. The van der Waals surface area contributed by atoms with Crippen LogP contribution >= 0.6 is 11.3 Å². The summed E-state index contributed by atoms with van der Waals surface area (Å²) in [5, 5.41) is 12.4. The van der Waals surface area contributed by atoms with Gasteiger partial charge in [-0.25, -0.2) is 4.98 Å². The van der Waals surface area contributed by atoms with E-state index in [1.807, 2.05) is 19.2 Å². The van der Waals surface area contributed by atoms with Gasteiger partial charge >= 0.3 is 0 Å². The Hall–Kier alpha value is -0.670. The molecule has 0 bridgehead atoms. The largest absolute Gasteiger partial charge is 0.388 e. The zero-order valence-corrected chi connectivity index (χ0v) is 8.14. The highest BCUT2D eigenvalue weighted by Gasteiger charge is 2.15. The van der Waals surface area contributed by atoms with Crippen molar-refractivity contribution in [1.82, 2.24) is 4.98 Å². The van der Waals surface area contributed by atoms with E-state index >= 15 is 0 Å². The molecule has 0 aromatic carbocycles. The van der Waals surface area contributed by atoms with Crippen LogP contribution in [0.4, 0.5) is 0 Å². The summed E-state index contributed by atoms with van der Waals surface area (Å²) in [7, 11) is 0. The van der Waals surface area contributed by atoms with Crippen LogP contribution in [-0.2, 0) is 0 Å². The molecule has 0 aliphatic heterocycles. The third-order valence-corrected chi connectivity index (χ3v) is 2.94. The second-order valence-corrected chi connectivity index (χ2v) is 3.73. The molecule has 2 nitrogen and oxygen atoms in total. The van der Waals surface area contributed by atoms with Crippen LogP contribution in [0.3, 0.4) is 0 Å². The molecule has 2 atom stereocenters. The summed E-state index contributed by atoms with van der Waals surface area (Å²) in [5.74, 6) is 0.0567. The average molecular weight is 183 g/mol. The number of thiazole rings is 1.